The van der Waals surface area contributed by atoms with Gasteiger partial charge in [0.25, 0.3) is 0 Å². The number of carbonyl (C=O) groups is 1. The molecule has 1 aliphatic heterocycles. The van der Waals surface area contributed by atoms with Crippen LogP contribution in [0.4, 0.5) is 5.69 Å². The Hall–Kier alpha value is -2.03. The van der Waals surface area contributed by atoms with Crippen molar-refractivity contribution in [2.45, 2.75) is 32.4 Å². The zero-order valence-electron chi connectivity index (χ0n) is 14.9. The maximum absolute atomic E-state index is 12.1. The summed E-state index contributed by atoms with van der Waals surface area (Å²) in [5.74, 6) is 1.77. The van der Waals surface area contributed by atoms with Crippen molar-refractivity contribution in [2.24, 2.45) is 4.99 Å². The van der Waals surface area contributed by atoms with Crippen molar-refractivity contribution in [3.8, 4) is 0 Å². The summed E-state index contributed by atoms with van der Waals surface area (Å²) in [6.45, 7) is 2.02. The summed E-state index contributed by atoms with van der Waals surface area (Å²) < 4.78 is 5.30. The first-order valence-electron chi connectivity index (χ1n) is 8.62. The third kappa shape index (κ3) is 5.48. The van der Waals surface area contributed by atoms with Gasteiger partial charge in [0, 0.05) is 32.2 Å². The number of halogens is 1. The van der Waals surface area contributed by atoms with Crippen LogP contribution in [0, 0.1) is 0 Å². The van der Waals surface area contributed by atoms with Crippen LogP contribution in [-0.2, 0) is 17.9 Å². The van der Waals surface area contributed by atoms with Gasteiger partial charge in [-0.3, -0.25) is 9.79 Å². The summed E-state index contributed by atoms with van der Waals surface area (Å²) >= 11 is 0. The number of hydrogen-bond donors (Lipinski definition) is 2. The van der Waals surface area contributed by atoms with Crippen molar-refractivity contribution in [3.63, 3.8) is 0 Å². The van der Waals surface area contributed by atoms with Crippen LogP contribution in [0.25, 0.3) is 0 Å². The third-order valence-corrected chi connectivity index (χ3v) is 4.24. The minimum Gasteiger partial charge on any atom is -0.467 e. The molecule has 2 N–H and O–H groups in total. The quantitative estimate of drug-likeness (QED) is 0.402. The van der Waals surface area contributed by atoms with E-state index in [2.05, 4.69) is 21.7 Å². The van der Waals surface area contributed by atoms with Gasteiger partial charge in [0.2, 0.25) is 5.91 Å². The Morgan fingerprint density at radius 3 is 2.77 bits per heavy atom. The lowest BCUT2D eigenvalue weighted by Gasteiger charge is -2.27. The standard InChI is InChI=1S/C19H24N4O2.HI/c1-20-19(22-14-17-8-5-11-25-17)21-13-15-6-4-7-16(12-15)23-10-3-2-9-18(23)24;/h4-8,11-12H,2-3,9-10,13-14H2,1H3,(H2,20,21,22);1H. The van der Waals surface area contributed by atoms with E-state index in [1.807, 2.05) is 35.2 Å². The molecule has 2 heterocycles. The molecule has 2 aromatic rings. The fourth-order valence-electron chi connectivity index (χ4n) is 2.90. The third-order valence-electron chi connectivity index (χ3n) is 4.24. The second-order valence-corrected chi connectivity index (χ2v) is 6.03. The molecule has 0 atom stereocenters. The predicted octanol–water partition coefficient (Wildman–Crippen LogP) is 3.28. The Morgan fingerprint density at radius 1 is 1.19 bits per heavy atom. The van der Waals surface area contributed by atoms with Gasteiger partial charge >= 0.3 is 0 Å². The summed E-state index contributed by atoms with van der Waals surface area (Å²) in [4.78, 5) is 18.2. The Balaban J connectivity index is 0.00000243. The molecule has 0 saturated carbocycles. The number of hydrogen-bond acceptors (Lipinski definition) is 3. The Bertz CT molecular complexity index is 731. The second kappa shape index (κ2) is 10.2. The molecule has 0 unspecified atom stereocenters. The van der Waals surface area contributed by atoms with Gasteiger partial charge in [-0.2, -0.15) is 0 Å². The van der Waals surface area contributed by atoms with E-state index >= 15 is 0 Å². The lowest BCUT2D eigenvalue weighted by atomic mass is 10.1. The van der Waals surface area contributed by atoms with Crippen LogP contribution in [0.5, 0.6) is 0 Å². The van der Waals surface area contributed by atoms with Crippen LogP contribution >= 0.6 is 24.0 Å². The van der Waals surface area contributed by atoms with Crippen LogP contribution in [0.1, 0.15) is 30.6 Å². The second-order valence-electron chi connectivity index (χ2n) is 6.03. The molecule has 1 amide bonds. The molecule has 0 spiro atoms. The molecule has 1 aliphatic rings. The van der Waals surface area contributed by atoms with Gasteiger partial charge in [-0.05, 0) is 42.7 Å². The number of rotatable bonds is 5. The van der Waals surface area contributed by atoms with Crippen molar-refractivity contribution in [1.82, 2.24) is 10.6 Å². The topological polar surface area (TPSA) is 69.9 Å². The van der Waals surface area contributed by atoms with Crippen LogP contribution in [-0.4, -0.2) is 25.5 Å². The van der Waals surface area contributed by atoms with Gasteiger partial charge in [0.1, 0.15) is 5.76 Å². The molecule has 0 aliphatic carbocycles. The van der Waals surface area contributed by atoms with Gasteiger partial charge in [-0.15, -0.1) is 24.0 Å². The SMILES string of the molecule is CN=C(NCc1cccc(N2CCCCC2=O)c1)NCc1ccco1.I. The molecule has 0 radical (unpaired) electrons. The van der Waals surface area contributed by atoms with Crippen molar-refractivity contribution < 1.29 is 9.21 Å². The first-order valence-corrected chi connectivity index (χ1v) is 8.62. The molecule has 1 aromatic heterocycles. The normalized spacial score (nSPS) is 14.7. The van der Waals surface area contributed by atoms with E-state index in [0.29, 0.717) is 25.5 Å². The minimum atomic E-state index is 0. The maximum atomic E-state index is 12.1. The molecule has 1 fully saturated rings. The summed E-state index contributed by atoms with van der Waals surface area (Å²) in [7, 11) is 1.74. The smallest absolute Gasteiger partial charge is 0.226 e. The van der Waals surface area contributed by atoms with Crippen molar-refractivity contribution in [3.05, 3.63) is 54.0 Å². The number of nitrogens with zero attached hydrogens (tertiary/aromatic N) is 2. The highest BCUT2D eigenvalue weighted by Crippen LogP contribution is 2.21. The number of anilines is 1. The Labute approximate surface area is 171 Å². The lowest BCUT2D eigenvalue weighted by Crippen LogP contribution is -2.36. The van der Waals surface area contributed by atoms with E-state index in [4.69, 9.17) is 4.42 Å². The zero-order chi connectivity index (χ0) is 17.5. The summed E-state index contributed by atoms with van der Waals surface area (Å²) in [5, 5.41) is 6.49. The minimum absolute atomic E-state index is 0. The van der Waals surface area contributed by atoms with Gasteiger partial charge < -0.3 is 20.0 Å². The van der Waals surface area contributed by atoms with Gasteiger partial charge in [-0.1, -0.05) is 12.1 Å². The van der Waals surface area contributed by atoms with Gasteiger partial charge in [0.05, 0.1) is 12.8 Å². The van der Waals surface area contributed by atoms with E-state index in [0.717, 1.165) is 36.4 Å². The van der Waals surface area contributed by atoms with Crippen molar-refractivity contribution >= 4 is 41.5 Å². The first-order chi connectivity index (χ1) is 12.3. The number of piperidine rings is 1. The van der Waals surface area contributed by atoms with E-state index in [1.54, 1.807) is 13.3 Å². The van der Waals surface area contributed by atoms with E-state index in [-0.39, 0.29) is 29.9 Å². The van der Waals surface area contributed by atoms with Crippen LogP contribution in [0.2, 0.25) is 0 Å². The van der Waals surface area contributed by atoms with Crippen LogP contribution in [0.15, 0.2) is 52.1 Å². The molecule has 3 rings (SSSR count). The Kier molecular flexibility index (Phi) is 7.96. The predicted molar refractivity (Wildman–Crippen MR) is 114 cm³/mol. The van der Waals surface area contributed by atoms with Gasteiger partial charge in [0.15, 0.2) is 5.96 Å². The highest BCUT2D eigenvalue weighted by Gasteiger charge is 2.19. The van der Waals surface area contributed by atoms with Crippen LogP contribution in [0.3, 0.4) is 0 Å². The maximum Gasteiger partial charge on any atom is 0.226 e. The number of aliphatic imine (C=N–C) groups is 1. The largest absolute Gasteiger partial charge is 0.467 e. The number of guanidine groups is 1. The number of furan rings is 1. The molecule has 0 bridgehead atoms. The van der Waals surface area contributed by atoms with Gasteiger partial charge in [-0.25, -0.2) is 0 Å². The zero-order valence-corrected chi connectivity index (χ0v) is 17.2. The van der Waals surface area contributed by atoms with E-state index in [1.165, 1.54) is 0 Å². The van der Waals surface area contributed by atoms with Crippen molar-refractivity contribution in [2.75, 3.05) is 18.5 Å². The van der Waals surface area contributed by atoms with E-state index < -0.39 is 0 Å². The summed E-state index contributed by atoms with van der Waals surface area (Å²) in [5.41, 5.74) is 2.08. The average Bonchev–Trinajstić information content (AvgIpc) is 3.16. The molecule has 6 nitrogen and oxygen atoms in total. The molecular weight excluding hydrogens is 443 g/mol. The number of carbonyl (C=O) groups excluding carboxylic acids is 1. The monoisotopic (exact) mass is 468 g/mol. The van der Waals surface area contributed by atoms with E-state index in [9.17, 15) is 4.79 Å². The highest BCUT2D eigenvalue weighted by molar-refractivity contribution is 14.0. The molecule has 1 saturated heterocycles. The first kappa shape index (κ1) is 20.3. The summed E-state index contributed by atoms with van der Waals surface area (Å²) in [6, 6.07) is 11.9. The Morgan fingerprint density at radius 2 is 2.04 bits per heavy atom. The number of nitrogens with one attached hydrogen (secondary N) is 2. The number of amides is 1. The molecule has 7 heteroatoms. The molecular formula is C19H25IN4O2. The molecule has 1 aromatic carbocycles. The fourth-order valence-corrected chi connectivity index (χ4v) is 2.90. The molecule has 140 valence electrons. The fraction of sp³-hybridized carbons (Fsp3) is 0.368. The lowest BCUT2D eigenvalue weighted by molar-refractivity contribution is -0.119. The molecule has 26 heavy (non-hydrogen) atoms. The average molecular weight is 468 g/mol. The summed E-state index contributed by atoms with van der Waals surface area (Å²) in [6.07, 6.45) is 4.36. The number of benzene rings is 1. The van der Waals surface area contributed by atoms with Crippen molar-refractivity contribution in [1.29, 1.82) is 0 Å². The highest BCUT2D eigenvalue weighted by atomic mass is 127. The van der Waals surface area contributed by atoms with Crippen LogP contribution < -0.4 is 15.5 Å².